The molecule has 0 saturated heterocycles. The molecule has 0 atom stereocenters. The number of benzene rings is 1. The summed E-state index contributed by atoms with van der Waals surface area (Å²) in [6.45, 7) is 1.70. The van der Waals surface area contributed by atoms with E-state index >= 15 is 0 Å². The third-order valence-corrected chi connectivity index (χ3v) is 5.87. The van der Waals surface area contributed by atoms with Gasteiger partial charge < -0.3 is 14.5 Å². The number of H-pyrrole nitrogens is 1. The third-order valence-electron chi connectivity index (χ3n) is 3.97. The van der Waals surface area contributed by atoms with E-state index in [0.717, 1.165) is 10.4 Å². The molecule has 3 aromatic heterocycles. The highest BCUT2D eigenvalue weighted by atomic mass is 32.1. The van der Waals surface area contributed by atoms with Gasteiger partial charge in [-0.2, -0.15) is 0 Å². The summed E-state index contributed by atoms with van der Waals surface area (Å²) >= 11 is 3.03. The maximum absolute atomic E-state index is 12.6. The molecule has 0 aliphatic carbocycles. The van der Waals surface area contributed by atoms with Crippen LogP contribution in [0.5, 0.6) is 5.75 Å². The van der Waals surface area contributed by atoms with E-state index in [1.807, 2.05) is 42.6 Å². The maximum Gasteiger partial charge on any atom is 0.344 e. The topological polar surface area (TPSA) is 81.3 Å². The molecule has 0 saturated carbocycles. The van der Waals surface area contributed by atoms with E-state index in [1.54, 1.807) is 23.5 Å². The van der Waals surface area contributed by atoms with Crippen molar-refractivity contribution in [1.29, 1.82) is 0 Å². The molecule has 0 aliphatic heterocycles. The second kappa shape index (κ2) is 7.95. The van der Waals surface area contributed by atoms with E-state index in [-0.39, 0.29) is 18.8 Å². The molecule has 1 aromatic carbocycles. The predicted octanol–water partition coefficient (Wildman–Crippen LogP) is 4.14. The Morgan fingerprint density at radius 2 is 2.00 bits per heavy atom. The monoisotopic (exact) mass is 412 g/mol. The summed E-state index contributed by atoms with van der Waals surface area (Å²) in [5.41, 5.74) is 0.644. The molecule has 4 rings (SSSR count). The van der Waals surface area contributed by atoms with Gasteiger partial charge in [-0.25, -0.2) is 9.78 Å². The van der Waals surface area contributed by atoms with Crippen molar-refractivity contribution in [2.75, 3.05) is 6.61 Å². The van der Waals surface area contributed by atoms with Crippen molar-refractivity contribution in [1.82, 2.24) is 9.97 Å². The second-order valence-electron chi connectivity index (χ2n) is 6.01. The number of rotatable bonds is 6. The lowest BCUT2D eigenvalue weighted by molar-refractivity contribution is -0.147. The van der Waals surface area contributed by atoms with Crippen LogP contribution >= 0.6 is 22.7 Å². The number of hydrogen-bond donors (Lipinski definition) is 1. The standard InChI is InChI=1S/C20H16N2O4S2/c1-12-7-8-15(28-12)14-11-27-20-18(14)19(24)21-16(22-20)9-26-17(23)10-25-13-5-3-2-4-6-13/h2-8,11H,9-10H2,1H3,(H,21,22,24). The van der Waals surface area contributed by atoms with E-state index in [1.165, 1.54) is 16.2 Å². The van der Waals surface area contributed by atoms with Gasteiger partial charge in [0.05, 0.1) is 5.39 Å². The lowest BCUT2D eigenvalue weighted by atomic mass is 10.2. The molecule has 0 unspecified atom stereocenters. The van der Waals surface area contributed by atoms with Crippen LogP contribution in [0.4, 0.5) is 0 Å². The SMILES string of the molecule is Cc1ccc(-c2csc3nc(COC(=O)COc4ccccc4)[nH]c(=O)c23)s1. The van der Waals surface area contributed by atoms with E-state index < -0.39 is 5.97 Å². The average Bonchev–Trinajstić information content (AvgIpc) is 3.32. The largest absolute Gasteiger partial charge is 0.482 e. The first-order valence-electron chi connectivity index (χ1n) is 8.51. The highest BCUT2D eigenvalue weighted by Crippen LogP contribution is 2.34. The Labute approximate surface area is 168 Å². The van der Waals surface area contributed by atoms with E-state index in [9.17, 15) is 9.59 Å². The minimum absolute atomic E-state index is 0.118. The number of para-hydroxylation sites is 1. The van der Waals surface area contributed by atoms with Crippen molar-refractivity contribution < 1.29 is 14.3 Å². The Hall–Kier alpha value is -2.97. The van der Waals surface area contributed by atoms with Crippen molar-refractivity contribution in [3.63, 3.8) is 0 Å². The molecule has 142 valence electrons. The van der Waals surface area contributed by atoms with Crippen molar-refractivity contribution in [3.8, 4) is 16.2 Å². The molecular formula is C20H16N2O4S2. The number of aryl methyl sites for hydroxylation is 1. The van der Waals surface area contributed by atoms with Gasteiger partial charge >= 0.3 is 5.97 Å². The van der Waals surface area contributed by atoms with E-state index in [4.69, 9.17) is 9.47 Å². The van der Waals surface area contributed by atoms with Crippen LogP contribution in [0.15, 0.2) is 52.6 Å². The molecule has 0 radical (unpaired) electrons. The summed E-state index contributed by atoms with van der Waals surface area (Å²) in [5.74, 6) is 0.358. The van der Waals surface area contributed by atoms with Gasteiger partial charge in [0, 0.05) is 20.7 Å². The van der Waals surface area contributed by atoms with Crippen LogP contribution in [0.1, 0.15) is 10.7 Å². The van der Waals surface area contributed by atoms with Gasteiger partial charge in [0.1, 0.15) is 23.0 Å². The van der Waals surface area contributed by atoms with Gasteiger partial charge in [0.15, 0.2) is 6.61 Å². The number of aromatic nitrogens is 2. The van der Waals surface area contributed by atoms with Gasteiger partial charge in [-0.1, -0.05) is 18.2 Å². The van der Waals surface area contributed by atoms with Crippen molar-refractivity contribution in [2.24, 2.45) is 0 Å². The zero-order valence-electron chi connectivity index (χ0n) is 14.9. The van der Waals surface area contributed by atoms with Gasteiger partial charge in [-0.05, 0) is 31.2 Å². The number of carbonyl (C=O) groups is 1. The molecule has 3 heterocycles. The summed E-state index contributed by atoms with van der Waals surface area (Å²) in [6.07, 6.45) is 0. The van der Waals surface area contributed by atoms with Crippen LogP contribution in [-0.2, 0) is 16.1 Å². The molecule has 0 spiro atoms. The number of aromatic amines is 1. The Morgan fingerprint density at radius 3 is 2.75 bits per heavy atom. The lowest BCUT2D eigenvalue weighted by Crippen LogP contribution is -2.17. The predicted molar refractivity (Wildman–Crippen MR) is 110 cm³/mol. The Morgan fingerprint density at radius 1 is 1.18 bits per heavy atom. The molecule has 1 N–H and O–H groups in total. The summed E-state index contributed by atoms with van der Waals surface area (Å²) in [4.78, 5) is 34.4. The number of fused-ring (bicyclic) bond motifs is 1. The number of thiophene rings is 2. The van der Waals surface area contributed by atoms with Crippen molar-refractivity contribution >= 4 is 38.9 Å². The van der Waals surface area contributed by atoms with Crippen LogP contribution in [0.3, 0.4) is 0 Å². The smallest absolute Gasteiger partial charge is 0.344 e. The fourth-order valence-corrected chi connectivity index (χ4v) is 4.59. The van der Waals surface area contributed by atoms with Gasteiger partial charge in [-0.3, -0.25) is 4.79 Å². The normalized spacial score (nSPS) is 10.9. The van der Waals surface area contributed by atoms with Crippen molar-refractivity contribution in [3.05, 3.63) is 68.9 Å². The number of hydrogen-bond acceptors (Lipinski definition) is 7. The number of nitrogens with zero attached hydrogens (tertiary/aromatic N) is 1. The van der Waals surface area contributed by atoms with Crippen LogP contribution in [0.25, 0.3) is 20.7 Å². The Balaban J connectivity index is 1.45. The summed E-state index contributed by atoms with van der Waals surface area (Å²) in [5, 5.41) is 2.50. The minimum Gasteiger partial charge on any atom is -0.482 e. The molecule has 8 heteroatoms. The zero-order chi connectivity index (χ0) is 19.5. The van der Waals surface area contributed by atoms with Crippen molar-refractivity contribution in [2.45, 2.75) is 13.5 Å². The minimum atomic E-state index is -0.535. The molecule has 4 aromatic rings. The van der Waals surface area contributed by atoms with Gasteiger partial charge in [0.2, 0.25) is 0 Å². The fourth-order valence-electron chi connectivity index (χ4n) is 2.67. The zero-order valence-corrected chi connectivity index (χ0v) is 16.6. The lowest BCUT2D eigenvalue weighted by Gasteiger charge is -2.06. The Bertz CT molecular complexity index is 1180. The number of carbonyl (C=O) groups excluding carboxylic acids is 1. The third kappa shape index (κ3) is 3.97. The number of nitrogens with one attached hydrogen (secondary N) is 1. The van der Waals surface area contributed by atoms with Crippen LogP contribution in [0, 0.1) is 6.92 Å². The number of esters is 1. The van der Waals surface area contributed by atoms with Gasteiger partial charge in [-0.15, -0.1) is 22.7 Å². The summed E-state index contributed by atoms with van der Waals surface area (Å²) in [7, 11) is 0. The van der Waals surface area contributed by atoms with E-state index in [2.05, 4.69) is 9.97 Å². The molecule has 0 amide bonds. The van der Waals surface area contributed by atoms with E-state index in [0.29, 0.717) is 21.8 Å². The molecule has 0 aliphatic rings. The Kier molecular flexibility index (Phi) is 5.23. The second-order valence-corrected chi connectivity index (χ2v) is 8.16. The first-order chi connectivity index (χ1) is 13.6. The van der Waals surface area contributed by atoms with Crippen LogP contribution in [-0.4, -0.2) is 22.5 Å². The molecule has 0 bridgehead atoms. The van der Waals surface area contributed by atoms with Crippen LogP contribution in [0.2, 0.25) is 0 Å². The summed E-state index contributed by atoms with van der Waals surface area (Å²) in [6, 6.07) is 13.0. The first-order valence-corrected chi connectivity index (χ1v) is 10.2. The summed E-state index contributed by atoms with van der Waals surface area (Å²) < 4.78 is 10.5. The average molecular weight is 412 g/mol. The molecule has 0 fully saturated rings. The molecule has 6 nitrogen and oxygen atoms in total. The maximum atomic E-state index is 12.6. The highest BCUT2D eigenvalue weighted by Gasteiger charge is 2.15. The first kappa shape index (κ1) is 18.4. The fraction of sp³-hybridized carbons (Fsp3) is 0.150. The molecule has 28 heavy (non-hydrogen) atoms. The quantitative estimate of drug-likeness (QED) is 0.481. The molecular weight excluding hydrogens is 396 g/mol. The van der Waals surface area contributed by atoms with Gasteiger partial charge in [0.25, 0.3) is 5.56 Å². The van der Waals surface area contributed by atoms with Crippen LogP contribution < -0.4 is 10.3 Å². The number of ether oxygens (including phenoxy) is 2. The highest BCUT2D eigenvalue weighted by molar-refractivity contribution is 7.19.